The van der Waals surface area contributed by atoms with Crippen molar-refractivity contribution < 1.29 is 9.53 Å². The van der Waals surface area contributed by atoms with Crippen LogP contribution in [0.2, 0.25) is 0 Å². The summed E-state index contributed by atoms with van der Waals surface area (Å²) in [7, 11) is 0. The average molecular weight is 296 g/mol. The Kier molecular flexibility index (Phi) is 7.41. The molecule has 118 valence electrons. The van der Waals surface area contributed by atoms with Gasteiger partial charge in [-0.3, -0.25) is 4.79 Å². The SMILES string of the molecule is CCCCN(CC(N)=O)c1cc(NN)nc(COCC)n1. The Bertz CT molecular complexity index is 454. The fraction of sp³-hybridized carbons (Fsp3) is 0.615. The highest BCUT2D eigenvalue weighted by Gasteiger charge is 2.13. The van der Waals surface area contributed by atoms with Crippen LogP contribution in [0.3, 0.4) is 0 Å². The molecule has 21 heavy (non-hydrogen) atoms. The van der Waals surface area contributed by atoms with E-state index in [1.165, 1.54) is 0 Å². The van der Waals surface area contributed by atoms with Gasteiger partial charge in [0.25, 0.3) is 0 Å². The van der Waals surface area contributed by atoms with Gasteiger partial charge in [-0.25, -0.2) is 15.8 Å². The molecule has 1 heterocycles. The minimum absolute atomic E-state index is 0.106. The maximum absolute atomic E-state index is 11.2. The summed E-state index contributed by atoms with van der Waals surface area (Å²) in [6.07, 6.45) is 1.94. The monoisotopic (exact) mass is 296 g/mol. The van der Waals surface area contributed by atoms with Crippen LogP contribution in [-0.4, -0.2) is 35.6 Å². The van der Waals surface area contributed by atoms with Crippen LogP contribution in [0.1, 0.15) is 32.5 Å². The number of carbonyl (C=O) groups is 1. The van der Waals surface area contributed by atoms with E-state index in [2.05, 4.69) is 22.3 Å². The zero-order valence-corrected chi connectivity index (χ0v) is 12.6. The van der Waals surface area contributed by atoms with E-state index in [-0.39, 0.29) is 13.2 Å². The van der Waals surface area contributed by atoms with E-state index < -0.39 is 5.91 Å². The standard InChI is InChI=1S/C13H24N6O2/c1-3-5-6-19(8-10(14)20)13-7-11(18-15)16-12(17-13)9-21-4-2/h7H,3-6,8-9,15H2,1-2H3,(H2,14,20)(H,16,17,18). The molecule has 1 aromatic rings. The summed E-state index contributed by atoms with van der Waals surface area (Å²) in [5.74, 6) is 6.61. The van der Waals surface area contributed by atoms with E-state index in [9.17, 15) is 4.79 Å². The first-order valence-electron chi connectivity index (χ1n) is 7.06. The van der Waals surface area contributed by atoms with Crippen LogP contribution in [0.5, 0.6) is 0 Å². The van der Waals surface area contributed by atoms with Crippen LogP contribution in [0, 0.1) is 0 Å². The molecule has 0 aliphatic heterocycles. The molecule has 8 heteroatoms. The highest BCUT2D eigenvalue weighted by atomic mass is 16.5. The molecular formula is C13H24N6O2. The molecule has 0 aliphatic rings. The Hall–Kier alpha value is -1.93. The highest BCUT2D eigenvalue weighted by Crippen LogP contribution is 2.16. The number of hydrazine groups is 1. The van der Waals surface area contributed by atoms with E-state index in [0.29, 0.717) is 30.6 Å². The zero-order valence-electron chi connectivity index (χ0n) is 12.6. The maximum Gasteiger partial charge on any atom is 0.236 e. The van der Waals surface area contributed by atoms with Crippen molar-refractivity contribution >= 4 is 17.5 Å². The maximum atomic E-state index is 11.2. The molecule has 0 bridgehead atoms. The zero-order chi connectivity index (χ0) is 15.7. The van der Waals surface area contributed by atoms with Gasteiger partial charge in [0.05, 0.1) is 6.54 Å². The molecule has 0 saturated heterocycles. The van der Waals surface area contributed by atoms with Crippen LogP contribution in [-0.2, 0) is 16.1 Å². The van der Waals surface area contributed by atoms with Crippen molar-refractivity contribution in [2.45, 2.75) is 33.3 Å². The number of ether oxygens (including phenoxy) is 1. The van der Waals surface area contributed by atoms with Gasteiger partial charge in [0.2, 0.25) is 5.91 Å². The molecule has 0 aliphatic carbocycles. The summed E-state index contributed by atoms with van der Waals surface area (Å²) >= 11 is 0. The van der Waals surface area contributed by atoms with Gasteiger partial charge in [-0.15, -0.1) is 0 Å². The molecule has 0 radical (unpaired) electrons. The molecular weight excluding hydrogens is 272 g/mol. The summed E-state index contributed by atoms with van der Waals surface area (Å²) in [5, 5.41) is 0. The van der Waals surface area contributed by atoms with Crippen molar-refractivity contribution in [1.29, 1.82) is 0 Å². The lowest BCUT2D eigenvalue weighted by molar-refractivity contribution is -0.116. The van der Waals surface area contributed by atoms with Gasteiger partial charge in [0, 0.05) is 19.2 Å². The Labute approximate surface area is 124 Å². The first-order chi connectivity index (χ1) is 10.1. The number of hydrogen-bond acceptors (Lipinski definition) is 7. The Morgan fingerprint density at radius 3 is 2.76 bits per heavy atom. The average Bonchev–Trinajstić information content (AvgIpc) is 2.48. The van der Waals surface area contributed by atoms with Gasteiger partial charge in [-0.1, -0.05) is 13.3 Å². The smallest absolute Gasteiger partial charge is 0.236 e. The number of primary amides is 1. The summed E-state index contributed by atoms with van der Waals surface area (Å²) in [4.78, 5) is 21.7. The highest BCUT2D eigenvalue weighted by molar-refractivity contribution is 5.79. The molecule has 1 rings (SSSR count). The number of rotatable bonds is 10. The summed E-state index contributed by atoms with van der Waals surface area (Å²) in [6.45, 7) is 5.63. The van der Waals surface area contributed by atoms with Gasteiger partial charge >= 0.3 is 0 Å². The first-order valence-corrected chi connectivity index (χ1v) is 7.06. The number of unbranched alkanes of at least 4 members (excludes halogenated alkanes) is 1. The Morgan fingerprint density at radius 2 is 2.19 bits per heavy atom. The molecule has 1 amide bonds. The van der Waals surface area contributed by atoms with Crippen LogP contribution >= 0.6 is 0 Å². The minimum Gasteiger partial charge on any atom is -0.374 e. The summed E-state index contributed by atoms with van der Waals surface area (Å²) in [6, 6.07) is 1.69. The molecule has 0 atom stereocenters. The van der Waals surface area contributed by atoms with Crippen molar-refractivity contribution in [3.05, 3.63) is 11.9 Å². The lowest BCUT2D eigenvalue weighted by atomic mass is 10.3. The van der Waals surface area contributed by atoms with Crippen LogP contribution in [0.15, 0.2) is 6.07 Å². The number of amides is 1. The van der Waals surface area contributed by atoms with E-state index >= 15 is 0 Å². The van der Waals surface area contributed by atoms with Crippen LogP contribution in [0.4, 0.5) is 11.6 Å². The molecule has 5 N–H and O–H groups in total. The molecule has 0 spiro atoms. The van der Waals surface area contributed by atoms with Crippen LogP contribution < -0.4 is 21.9 Å². The van der Waals surface area contributed by atoms with E-state index in [1.54, 1.807) is 6.07 Å². The number of nitrogens with zero attached hydrogens (tertiary/aromatic N) is 3. The number of aromatic nitrogens is 2. The topological polar surface area (TPSA) is 119 Å². The Balaban J connectivity index is 3.00. The molecule has 0 fully saturated rings. The third-order valence-electron chi connectivity index (χ3n) is 2.79. The second kappa shape index (κ2) is 9.09. The van der Waals surface area contributed by atoms with Gasteiger partial charge in [0.15, 0.2) is 5.82 Å². The Morgan fingerprint density at radius 1 is 1.43 bits per heavy atom. The van der Waals surface area contributed by atoms with Crippen molar-refractivity contribution in [3.63, 3.8) is 0 Å². The third kappa shape index (κ3) is 5.92. The van der Waals surface area contributed by atoms with Crippen molar-refractivity contribution in [1.82, 2.24) is 9.97 Å². The van der Waals surface area contributed by atoms with Crippen molar-refractivity contribution in [2.24, 2.45) is 11.6 Å². The largest absolute Gasteiger partial charge is 0.374 e. The predicted octanol–water partition coefficient (Wildman–Crippen LogP) is 0.391. The molecule has 8 nitrogen and oxygen atoms in total. The third-order valence-corrected chi connectivity index (χ3v) is 2.79. The van der Waals surface area contributed by atoms with Crippen molar-refractivity contribution in [2.75, 3.05) is 30.0 Å². The van der Waals surface area contributed by atoms with Crippen molar-refractivity contribution in [3.8, 4) is 0 Å². The second-order valence-corrected chi connectivity index (χ2v) is 4.55. The summed E-state index contributed by atoms with van der Waals surface area (Å²) < 4.78 is 5.31. The molecule has 0 aromatic carbocycles. The first kappa shape index (κ1) is 17.1. The second-order valence-electron chi connectivity index (χ2n) is 4.55. The molecule has 0 unspecified atom stereocenters. The lowest BCUT2D eigenvalue weighted by Crippen LogP contribution is -2.35. The number of anilines is 2. The van der Waals surface area contributed by atoms with Crippen LogP contribution in [0.25, 0.3) is 0 Å². The van der Waals surface area contributed by atoms with E-state index in [4.69, 9.17) is 16.3 Å². The quantitative estimate of drug-likeness (QED) is 0.422. The number of nitrogens with one attached hydrogen (secondary N) is 1. The molecule has 1 aromatic heterocycles. The summed E-state index contributed by atoms with van der Waals surface area (Å²) in [5.41, 5.74) is 7.80. The minimum atomic E-state index is -0.404. The number of hydrogen-bond donors (Lipinski definition) is 3. The van der Waals surface area contributed by atoms with Gasteiger partial charge in [0.1, 0.15) is 18.2 Å². The lowest BCUT2D eigenvalue weighted by Gasteiger charge is -2.23. The van der Waals surface area contributed by atoms with Gasteiger partial charge < -0.3 is 20.8 Å². The number of nitrogen functional groups attached to an aromatic ring is 1. The number of carbonyl (C=O) groups excluding carboxylic acids is 1. The normalized spacial score (nSPS) is 10.4. The predicted molar refractivity (Wildman–Crippen MR) is 81.5 cm³/mol. The molecule has 0 saturated carbocycles. The van der Waals surface area contributed by atoms with Gasteiger partial charge in [-0.2, -0.15) is 0 Å². The fourth-order valence-electron chi connectivity index (χ4n) is 1.79. The van der Waals surface area contributed by atoms with E-state index in [1.807, 2.05) is 11.8 Å². The number of nitrogens with two attached hydrogens (primary N) is 2. The van der Waals surface area contributed by atoms with E-state index in [0.717, 1.165) is 12.8 Å². The fourth-order valence-corrected chi connectivity index (χ4v) is 1.79. The van der Waals surface area contributed by atoms with Gasteiger partial charge in [-0.05, 0) is 13.3 Å².